The van der Waals surface area contributed by atoms with Crippen molar-refractivity contribution in [3.8, 4) is 0 Å². The molecule has 1 unspecified atom stereocenters. The molecule has 1 aliphatic heterocycles. The highest BCUT2D eigenvalue weighted by atomic mass is 16.5. The summed E-state index contributed by atoms with van der Waals surface area (Å²) < 4.78 is 4.89. The Labute approximate surface area is 106 Å². The molecule has 0 fully saturated rings. The Hall–Kier alpha value is -1.59. The number of carboxylic acids is 1. The van der Waals surface area contributed by atoms with Crippen molar-refractivity contribution in [2.75, 3.05) is 31.7 Å². The number of rotatable bonds is 5. The van der Waals surface area contributed by atoms with E-state index in [0.29, 0.717) is 6.54 Å². The van der Waals surface area contributed by atoms with Crippen molar-refractivity contribution in [3.05, 3.63) is 29.3 Å². The maximum atomic E-state index is 10.9. The van der Waals surface area contributed by atoms with Gasteiger partial charge in [0.05, 0.1) is 18.3 Å². The molecule has 1 aromatic rings. The number of hydrogen-bond acceptors (Lipinski definition) is 4. The number of carboxylic acid groups (broad SMARTS) is 1. The molecule has 0 aromatic heterocycles. The number of carbonyl (C=O) groups is 1. The van der Waals surface area contributed by atoms with Crippen molar-refractivity contribution in [1.29, 1.82) is 0 Å². The van der Waals surface area contributed by atoms with Crippen LogP contribution >= 0.6 is 0 Å². The third-order valence-corrected chi connectivity index (χ3v) is 3.11. The molecule has 0 spiro atoms. The summed E-state index contributed by atoms with van der Waals surface area (Å²) in [6, 6.07) is 5.14. The topological polar surface area (TPSA) is 70.0 Å². The minimum absolute atomic E-state index is 0.280. The van der Waals surface area contributed by atoms with Crippen molar-refractivity contribution >= 4 is 11.7 Å². The van der Waals surface area contributed by atoms with Gasteiger partial charge in [0.25, 0.3) is 0 Å². The van der Waals surface area contributed by atoms with Gasteiger partial charge in [-0.05, 0) is 24.1 Å². The van der Waals surface area contributed by atoms with Crippen LogP contribution < -0.4 is 4.90 Å². The van der Waals surface area contributed by atoms with Gasteiger partial charge in [0.1, 0.15) is 0 Å². The third-order valence-electron chi connectivity index (χ3n) is 3.11. The second-order valence-corrected chi connectivity index (χ2v) is 4.45. The Kier molecular flexibility index (Phi) is 3.84. The summed E-state index contributed by atoms with van der Waals surface area (Å²) in [6.07, 6.45) is 0.323. The summed E-state index contributed by atoms with van der Waals surface area (Å²) in [4.78, 5) is 12.9. The first-order chi connectivity index (χ1) is 8.61. The van der Waals surface area contributed by atoms with Gasteiger partial charge in [-0.3, -0.25) is 0 Å². The van der Waals surface area contributed by atoms with Gasteiger partial charge < -0.3 is 19.8 Å². The number of benzene rings is 1. The predicted molar refractivity (Wildman–Crippen MR) is 67.2 cm³/mol. The van der Waals surface area contributed by atoms with Crippen LogP contribution in [0.3, 0.4) is 0 Å². The first-order valence-electron chi connectivity index (χ1n) is 5.90. The maximum Gasteiger partial charge on any atom is 0.335 e. The smallest absolute Gasteiger partial charge is 0.335 e. The first kappa shape index (κ1) is 12.9. The van der Waals surface area contributed by atoms with Crippen LogP contribution in [0.5, 0.6) is 0 Å². The van der Waals surface area contributed by atoms with E-state index in [1.165, 1.54) is 0 Å². The maximum absolute atomic E-state index is 10.9. The molecule has 98 valence electrons. The molecule has 0 saturated carbocycles. The Morgan fingerprint density at radius 2 is 2.33 bits per heavy atom. The van der Waals surface area contributed by atoms with Crippen molar-refractivity contribution in [2.45, 2.75) is 12.5 Å². The summed E-state index contributed by atoms with van der Waals surface area (Å²) in [5, 5.41) is 18.7. The molecule has 5 nitrogen and oxygen atoms in total. The number of β-amino-alcohol motifs (C(OH)–C–C–N with tert-alkyl or cyclic N) is 1. The van der Waals surface area contributed by atoms with Gasteiger partial charge in [0.2, 0.25) is 0 Å². The van der Waals surface area contributed by atoms with Crippen LogP contribution in [0.2, 0.25) is 0 Å². The fraction of sp³-hybridized carbons (Fsp3) is 0.462. The van der Waals surface area contributed by atoms with E-state index >= 15 is 0 Å². The Balaban J connectivity index is 2.15. The number of methoxy groups -OCH3 is 1. The van der Waals surface area contributed by atoms with Crippen LogP contribution in [0.15, 0.2) is 18.2 Å². The molecule has 1 aliphatic rings. The van der Waals surface area contributed by atoms with E-state index in [2.05, 4.69) is 0 Å². The summed E-state index contributed by atoms with van der Waals surface area (Å²) in [5.41, 5.74) is 2.32. The molecule has 0 amide bonds. The Morgan fingerprint density at radius 1 is 1.56 bits per heavy atom. The minimum Gasteiger partial charge on any atom is -0.478 e. The summed E-state index contributed by atoms with van der Waals surface area (Å²) in [7, 11) is 1.55. The SMILES string of the molecule is COCC(O)CN1CCc2ccc(C(=O)O)cc21. The van der Waals surface area contributed by atoms with Gasteiger partial charge in [-0.1, -0.05) is 6.07 Å². The van der Waals surface area contributed by atoms with Crippen molar-refractivity contribution in [1.82, 2.24) is 0 Å². The standard InChI is InChI=1S/C13H17NO4/c1-18-8-11(15)7-14-5-4-9-2-3-10(13(16)17)6-12(9)14/h2-3,6,11,15H,4-5,7-8H2,1H3,(H,16,17). The minimum atomic E-state index is -0.929. The van der Waals surface area contributed by atoms with Gasteiger partial charge in [-0.25, -0.2) is 4.79 Å². The molecular weight excluding hydrogens is 234 g/mol. The summed E-state index contributed by atoms with van der Waals surface area (Å²) in [6.45, 7) is 1.55. The van der Waals surface area contributed by atoms with E-state index in [4.69, 9.17) is 9.84 Å². The molecule has 0 bridgehead atoms. The van der Waals surface area contributed by atoms with E-state index in [1.54, 1.807) is 19.2 Å². The van der Waals surface area contributed by atoms with Crippen molar-refractivity contribution < 1.29 is 19.7 Å². The largest absolute Gasteiger partial charge is 0.478 e. The molecule has 1 atom stereocenters. The summed E-state index contributed by atoms with van der Waals surface area (Å²) in [5.74, 6) is -0.929. The van der Waals surface area contributed by atoms with Crippen LogP contribution in [-0.2, 0) is 11.2 Å². The lowest BCUT2D eigenvalue weighted by atomic mass is 10.1. The fourth-order valence-corrected chi connectivity index (χ4v) is 2.27. The van der Waals surface area contributed by atoms with E-state index in [1.807, 2.05) is 11.0 Å². The van der Waals surface area contributed by atoms with Crippen LogP contribution in [-0.4, -0.2) is 49.1 Å². The van der Waals surface area contributed by atoms with E-state index in [0.717, 1.165) is 24.2 Å². The van der Waals surface area contributed by atoms with Crippen LogP contribution in [0.25, 0.3) is 0 Å². The number of aliphatic hydroxyl groups excluding tert-OH is 1. The van der Waals surface area contributed by atoms with Crippen molar-refractivity contribution in [2.24, 2.45) is 0 Å². The molecule has 2 N–H and O–H groups in total. The number of hydrogen-bond donors (Lipinski definition) is 2. The third kappa shape index (κ3) is 2.63. The lowest BCUT2D eigenvalue weighted by Crippen LogP contribution is -2.33. The molecule has 5 heteroatoms. The molecule has 0 aliphatic carbocycles. The second-order valence-electron chi connectivity index (χ2n) is 4.45. The van der Waals surface area contributed by atoms with Gasteiger partial charge in [-0.15, -0.1) is 0 Å². The first-order valence-corrected chi connectivity index (χ1v) is 5.90. The molecule has 0 radical (unpaired) electrons. The average molecular weight is 251 g/mol. The quantitative estimate of drug-likeness (QED) is 0.808. The monoisotopic (exact) mass is 251 g/mol. The highest BCUT2D eigenvalue weighted by Crippen LogP contribution is 2.29. The zero-order valence-electron chi connectivity index (χ0n) is 10.3. The average Bonchev–Trinajstić information content (AvgIpc) is 2.72. The van der Waals surface area contributed by atoms with Crippen LogP contribution in [0.1, 0.15) is 15.9 Å². The van der Waals surface area contributed by atoms with E-state index in [9.17, 15) is 9.90 Å². The van der Waals surface area contributed by atoms with Gasteiger partial charge in [-0.2, -0.15) is 0 Å². The molecule has 1 heterocycles. The highest BCUT2D eigenvalue weighted by molar-refractivity contribution is 5.89. The zero-order valence-corrected chi connectivity index (χ0v) is 10.3. The Bertz CT molecular complexity index is 447. The van der Waals surface area contributed by atoms with Gasteiger partial charge in [0.15, 0.2) is 0 Å². The van der Waals surface area contributed by atoms with Gasteiger partial charge >= 0.3 is 5.97 Å². The number of aromatic carboxylic acids is 1. The second kappa shape index (κ2) is 5.37. The number of nitrogens with zero attached hydrogens (tertiary/aromatic N) is 1. The van der Waals surface area contributed by atoms with Crippen LogP contribution in [0.4, 0.5) is 5.69 Å². The van der Waals surface area contributed by atoms with Gasteiger partial charge in [0, 0.05) is 25.9 Å². The number of aliphatic hydroxyl groups is 1. The highest BCUT2D eigenvalue weighted by Gasteiger charge is 2.22. The molecule has 1 aromatic carbocycles. The molecule has 18 heavy (non-hydrogen) atoms. The zero-order chi connectivity index (χ0) is 13.1. The molecular formula is C13H17NO4. The molecule has 0 saturated heterocycles. The number of anilines is 1. The van der Waals surface area contributed by atoms with Crippen LogP contribution in [0, 0.1) is 0 Å². The predicted octanol–water partition coefficient (Wildman–Crippen LogP) is 0.755. The summed E-state index contributed by atoms with van der Waals surface area (Å²) >= 11 is 0. The van der Waals surface area contributed by atoms with E-state index in [-0.39, 0.29) is 12.2 Å². The normalized spacial score (nSPS) is 15.6. The Morgan fingerprint density at radius 3 is 3.00 bits per heavy atom. The number of fused-ring (bicyclic) bond motifs is 1. The fourth-order valence-electron chi connectivity index (χ4n) is 2.27. The van der Waals surface area contributed by atoms with Crippen molar-refractivity contribution in [3.63, 3.8) is 0 Å². The molecule has 2 rings (SSSR count). The van der Waals surface area contributed by atoms with E-state index < -0.39 is 12.1 Å². The number of ether oxygens (including phenoxy) is 1. The lowest BCUT2D eigenvalue weighted by molar-refractivity contribution is 0.0691. The lowest BCUT2D eigenvalue weighted by Gasteiger charge is -2.22.